The normalized spacial score (nSPS) is 9.90. The Labute approximate surface area is 76.5 Å². The van der Waals surface area contributed by atoms with Crippen molar-refractivity contribution in [3.8, 4) is 0 Å². The van der Waals surface area contributed by atoms with Gasteiger partial charge in [0.25, 0.3) is 0 Å². The second-order valence-electron chi connectivity index (χ2n) is 1.76. The fraction of sp³-hybridized carbons (Fsp3) is 0. The second-order valence-corrected chi connectivity index (χ2v) is 3.22. The summed E-state index contributed by atoms with van der Waals surface area (Å²) in [5, 5.41) is 0.292. The molecule has 0 saturated carbocycles. The molecule has 0 unspecified atom stereocenters. The average Bonchev–Trinajstić information content (AvgIpc) is 1.93. The summed E-state index contributed by atoms with van der Waals surface area (Å²) in [7, 11) is 0. The van der Waals surface area contributed by atoms with Crippen molar-refractivity contribution in [1.29, 1.82) is 0 Å². The number of anilines is 1. The van der Waals surface area contributed by atoms with Crippen LogP contribution in [0, 0.1) is 9.39 Å². The van der Waals surface area contributed by atoms with E-state index in [1.54, 1.807) is 0 Å². The molecule has 0 fully saturated rings. The van der Waals surface area contributed by atoms with Crippen LogP contribution < -0.4 is 5.73 Å². The van der Waals surface area contributed by atoms with E-state index in [2.05, 4.69) is 0 Å². The van der Waals surface area contributed by atoms with E-state index >= 15 is 0 Å². The minimum atomic E-state index is -0.334. The molecule has 54 valence electrons. The highest BCUT2D eigenvalue weighted by molar-refractivity contribution is 14.1. The maximum Gasteiger partial charge on any atom is 0.138 e. The zero-order valence-electron chi connectivity index (χ0n) is 4.87. The van der Waals surface area contributed by atoms with Gasteiger partial charge in [0.1, 0.15) is 5.82 Å². The van der Waals surface area contributed by atoms with E-state index < -0.39 is 0 Å². The summed E-state index contributed by atoms with van der Waals surface area (Å²) in [4.78, 5) is 0. The Kier molecular flexibility index (Phi) is 2.36. The lowest BCUT2D eigenvalue weighted by atomic mass is 10.3. The van der Waals surface area contributed by atoms with Crippen molar-refractivity contribution in [2.45, 2.75) is 0 Å². The van der Waals surface area contributed by atoms with E-state index in [0.29, 0.717) is 14.3 Å². The first-order valence-electron chi connectivity index (χ1n) is 2.52. The van der Waals surface area contributed by atoms with Gasteiger partial charge in [-0.2, -0.15) is 0 Å². The first-order valence-corrected chi connectivity index (χ1v) is 3.97. The van der Waals surface area contributed by atoms with Gasteiger partial charge in [-0.3, -0.25) is 0 Å². The number of halogens is 3. The molecular formula is C6H4ClFIN. The molecule has 0 aromatic heterocycles. The van der Waals surface area contributed by atoms with Gasteiger partial charge in [0.15, 0.2) is 0 Å². The average molecular weight is 271 g/mol. The monoisotopic (exact) mass is 271 g/mol. The first-order chi connectivity index (χ1) is 4.63. The summed E-state index contributed by atoms with van der Waals surface area (Å²) in [6.07, 6.45) is 0. The highest BCUT2D eigenvalue weighted by atomic mass is 127. The zero-order chi connectivity index (χ0) is 7.72. The lowest BCUT2D eigenvalue weighted by Crippen LogP contribution is -1.90. The van der Waals surface area contributed by atoms with Crippen LogP contribution in [0.1, 0.15) is 0 Å². The van der Waals surface area contributed by atoms with Crippen LogP contribution >= 0.6 is 34.2 Å². The number of nitrogen functional groups attached to an aromatic ring is 1. The van der Waals surface area contributed by atoms with Crippen LogP contribution in [0.15, 0.2) is 12.1 Å². The third kappa shape index (κ3) is 1.34. The molecule has 0 bridgehead atoms. The summed E-state index contributed by atoms with van der Waals surface area (Å²) in [5.74, 6) is -0.334. The van der Waals surface area contributed by atoms with E-state index in [-0.39, 0.29) is 5.82 Å². The Balaban J connectivity index is 3.34. The third-order valence-corrected chi connectivity index (χ3v) is 2.85. The van der Waals surface area contributed by atoms with Crippen LogP contribution in [0.2, 0.25) is 5.02 Å². The summed E-state index contributed by atoms with van der Waals surface area (Å²) in [5.41, 5.74) is 5.80. The number of hydrogen-bond acceptors (Lipinski definition) is 1. The first kappa shape index (κ1) is 8.07. The molecule has 1 aromatic carbocycles. The predicted octanol–water partition coefficient (Wildman–Crippen LogP) is 2.67. The smallest absolute Gasteiger partial charge is 0.138 e. The van der Waals surface area contributed by atoms with E-state index in [4.69, 9.17) is 17.3 Å². The van der Waals surface area contributed by atoms with Crippen LogP contribution in [0.25, 0.3) is 0 Å². The third-order valence-electron chi connectivity index (χ3n) is 1.07. The SMILES string of the molecule is Nc1ccc(F)c(I)c1Cl. The fourth-order valence-corrected chi connectivity index (χ4v) is 1.19. The lowest BCUT2D eigenvalue weighted by Gasteiger charge is -1.99. The maximum absolute atomic E-state index is 12.6. The van der Waals surface area contributed by atoms with Crippen molar-refractivity contribution in [2.75, 3.05) is 5.73 Å². The van der Waals surface area contributed by atoms with Crippen LogP contribution in [0.5, 0.6) is 0 Å². The Bertz CT molecular complexity index is 237. The number of hydrogen-bond donors (Lipinski definition) is 1. The molecular weight excluding hydrogens is 267 g/mol. The molecule has 0 saturated heterocycles. The summed E-state index contributed by atoms with van der Waals surface area (Å²) in [6.45, 7) is 0. The number of benzene rings is 1. The molecule has 2 N–H and O–H groups in total. The number of nitrogens with two attached hydrogens (primary N) is 1. The largest absolute Gasteiger partial charge is 0.397 e. The van der Waals surface area contributed by atoms with E-state index in [0.717, 1.165) is 0 Å². The minimum absolute atomic E-state index is 0.292. The maximum atomic E-state index is 12.6. The van der Waals surface area contributed by atoms with Gasteiger partial charge >= 0.3 is 0 Å². The van der Waals surface area contributed by atoms with Gasteiger partial charge in [0, 0.05) is 0 Å². The standard InChI is InChI=1S/C6H4ClFIN/c7-5-4(10)2-1-3(8)6(5)9/h1-2H,10H2. The van der Waals surface area contributed by atoms with Crippen molar-refractivity contribution >= 4 is 39.9 Å². The topological polar surface area (TPSA) is 26.0 Å². The molecule has 4 heteroatoms. The number of rotatable bonds is 0. The molecule has 10 heavy (non-hydrogen) atoms. The van der Waals surface area contributed by atoms with Crippen molar-refractivity contribution in [1.82, 2.24) is 0 Å². The van der Waals surface area contributed by atoms with E-state index in [1.807, 2.05) is 22.6 Å². The zero-order valence-corrected chi connectivity index (χ0v) is 7.78. The predicted molar refractivity (Wildman–Crippen MR) is 48.5 cm³/mol. The molecule has 0 aliphatic heterocycles. The van der Waals surface area contributed by atoms with Gasteiger partial charge in [-0.15, -0.1) is 0 Å². The quantitative estimate of drug-likeness (QED) is 0.438. The van der Waals surface area contributed by atoms with E-state index in [9.17, 15) is 4.39 Å². The molecule has 1 rings (SSSR count). The molecule has 0 radical (unpaired) electrons. The second kappa shape index (κ2) is 2.92. The van der Waals surface area contributed by atoms with E-state index in [1.165, 1.54) is 12.1 Å². The van der Waals surface area contributed by atoms with Crippen LogP contribution in [0.3, 0.4) is 0 Å². The van der Waals surface area contributed by atoms with Gasteiger partial charge in [-0.05, 0) is 34.7 Å². The summed E-state index contributed by atoms with van der Waals surface area (Å²) >= 11 is 7.42. The molecule has 1 aromatic rings. The van der Waals surface area contributed by atoms with Crippen molar-refractivity contribution < 1.29 is 4.39 Å². The van der Waals surface area contributed by atoms with Gasteiger partial charge in [-0.1, -0.05) is 11.6 Å². The Morgan fingerprint density at radius 2 is 2.10 bits per heavy atom. The Morgan fingerprint density at radius 3 is 2.60 bits per heavy atom. The summed E-state index contributed by atoms with van der Waals surface area (Å²) in [6, 6.07) is 2.74. The summed E-state index contributed by atoms with van der Waals surface area (Å²) < 4.78 is 13.0. The molecule has 0 aliphatic carbocycles. The van der Waals surface area contributed by atoms with Gasteiger partial charge in [-0.25, -0.2) is 4.39 Å². The molecule has 0 heterocycles. The van der Waals surface area contributed by atoms with Crippen LogP contribution in [-0.4, -0.2) is 0 Å². The van der Waals surface area contributed by atoms with Crippen molar-refractivity contribution in [3.05, 3.63) is 26.5 Å². The van der Waals surface area contributed by atoms with Gasteiger partial charge in [0.05, 0.1) is 14.3 Å². The fourth-order valence-electron chi connectivity index (χ4n) is 0.541. The molecule has 0 atom stereocenters. The highest BCUT2D eigenvalue weighted by Gasteiger charge is 2.05. The molecule has 0 amide bonds. The van der Waals surface area contributed by atoms with Crippen molar-refractivity contribution in [3.63, 3.8) is 0 Å². The highest BCUT2D eigenvalue weighted by Crippen LogP contribution is 2.26. The van der Waals surface area contributed by atoms with Crippen molar-refractivity contribution in [2.24, 2.45) is 0 Å². The van der Waals surface area contributed by atoms with Gasteiger partial charge < -0.3 is 5.73 Å². The minimum Gasteiger partial charge on any atom is -0.397 e. The molecule has 0 spiro atoms. The molecule has 1 nitrogen and oxygen atoms in total. The molecule has 0 aliphatic rings. The van der Waals surface area contributed by atoms with Crippen LogP contribution in [0.4, 0.5) is 10.1 Å². The van der Waals surface area contributed by atoms with Gasteiger partial charge in [0.2, 0.25) is 0 Å². The Morgan fingerprint density at radius 1 is 1.50 bits per heavy atom. The Hall–Kier alpha value is -0.0300. The van der Waals surface area contributed by atoms with Crippen LogP contribution in [-0.2, 0) is 0 Å². The lowest BCUT2D eigenvalue weighted by molar-refractivity contribution is 0.620.